The normalized spacial score (nSPS) is 29.9. The van der Waals surface area contributed by atoms with Crippen molar-refractivity contribution in [1.29, 1.82) is 0 Å². The molecule has 2 atom stereocenters. The Kier molecular flexibility index (Phi) is 5.87. The van der Waals surface area contributed by atoms with Crippen LogP contribution < -0.4 is 4.74 Å². The van der Waals surface area contributed by atoms with Gasteiger partial charge in [0.05, 0.1) is 19.1 Å². The number of hydrogen-bond acceptors (Lipinski definition) is 5. The standard InChI is InChI=1S/C22H27F3N2O4/c1-2-30-20(29)18-17(4-3-9-26-18)31-13-21-10-16(21)11-27(12-21)19(28)14-5-7-15(8-6-14)22(23,24)25/h3-4,9,14-16H,2,5-8,10-13H2,1H3/t14-,15-,16?,21?. The van der Waals surface area contributed by atoms with Gasteiger partial charge in [-0.2, -0.15) is 13.2 Å². The molecule has 6 nitrogen and oxygen atoms in total. The molecule has 3 aliphatic rings. The number of carbonyl (C=O) groups is 2. The van der Waals surface area contributed by atoms with Crippen molar-refractivity contribution in [2.75, 3.05) is 26.3 Å². The van der Waals surface area contributed by atoms with Gasteiger partial charge in [0.25, 0.3) is 0 Å². The van der Waals surface area contributed by atoms with Crippen LogP contribution in [-0.2, 0) is 9.53 Å². The summed E-state index contributed by atoms with van der Waals surface area (Å²) < 4.78 is 49.6. The summed E-state index contributed by atoms with van der Waals surface area (Å²) in [6, 6.07) is 3.35. The number of rotatable bonds is 6. The van der Waals surface area contributed by atoms with Crippen molar-refractivity contribution in [1.82, 2.24) is 9.88 Å². The zero-order valence-electron chi connectivity index (χ0n) is 17.5. The van der Waals surface area contributed by atoms with Gasteiger partial charge in [-0.15, -0.1) is 0 Å². The second-order valence-electron chi connectivity index (χ2n) is 8.93. The summed E-state index contributed by atoms with van der Waals surface area (Å²) in [4.78, 5) is 30.8. The molecule has 31 heavy (non-hydrogen) atoms. The molecule has 1 aliphatic heterocycles. The molecule has 2 saturated carbocycles. The number of carbonyl (C=O) groups excluding carboxylic acids is 2. The lowest BCUT2D eigenvalue weighted by atomic mass is 9.81. The van der Waals surface area contributed by atoms with Crippen molar-refractivity contribution in [3.05, 3.63) is 24.0 Å². The quantitative estimate of drug-likeness (QED) is 0.629. The van der Waals surface area contributed by atoms with E-state index in [1.54, 1.807) is 24.0 Å². The molecule has 1 aromatic heterocycles. The van der Waals surface area contributed by atoms with Crippen LogP contribution in [0.1, 0.15) is 49.5 Å². The Morgan fingerprint density at radius 1 is 1.26 bits per heavy atom. The van der Waals surface area contributed by atoms with Crippen molar-refractivity contribution in [2.45, 2.75) is 45.2 Å². The van der Waals surface area contributed by atoms with E-state index in [9.17, 15) is 22.8 Å². The summed E-state index contributed by atoms with van der Waals surface area (Å²) >= 11 is 0. The van der Waals surface area contributed by atoms with Crippen LogP contribution in [0.2, 0.25) is 0 Å². The van der Waals surface area contributed by atoms with Crippen molar-refractivity contribution < 1.29 is 32.2 Å². The van der Waals surface area contributed by atoms with Crippen LogP contribution in [-0.4, -0.2) is 54.2 Å². The molecule has 3 fully saturated rings. The molecule has 2 heterocycles. The van der Waals surface area contributed by atoms with Crippen LogP contribution in [0.25, 0.3) is 0 Å². The fourth-order valence-corrected chi connectivity index (χ4v) is 4.99. The van der Waals surface area contributed by atoms with Gasteiger partial charge in [-0.3, -0.25) is 4.79 Å². The molecule has 0 N–H and O–H groups in total. The lowest BCUT2D eigenvalue weighted by molar-refractivity contribution is -0.185. The van der Waals surface area contributed by atoms with Gasteiger partial charge in [0, 0.05) is 30.6 Å². The fourth-order valence-electron chi connectivity index (χ4n) is 4.99. The second kappa shape index (κ2) is 8.31. The van der Waals surface area contributed by atoms with Crippen molar-refractivity contribution in [2.24, 2.45) is 23.2 Å². The van der Waals surface area contributed by atoms with Gasteiger partial charge in [-0.1, -0.05) is 0 Å². The molecular formula is C22H27F3N2O4. The van der Waals surface area contributed by atoms with Gasteiger partial charge in [0.15, 0.2) is 11.4 Å². The maximum atomic E-state index is 12.9. The Hall–Kier alpha value is -2.32. The number of pyridine rings is 1. The van der Waals surface area contributed by atoms with E-state index in [1.807, 2.05) is 0 Å². The largest absolute Gasteiger partial charge is 0.490 e. The molecule has 1 saturated heterocycles. The number of hydrogen-bond donors (Lipinski definition) is 0. The van der Waals surface area contributed by atoms with Gasteiger partial charge in [0.1, 0.15) is 0 Å². The lowest BCUT2D eigenvalue weighted by Crippen LogP contribution is -2.40. The number of esters is 1. The van der Waals surface area contributed by atoms with Crippen LogP contribution >= 0.6 is 0 Å². The molecule has 4 rings (SSSR count). The van der Waals surface area contributed by atoms with Crippen LogP contribution in [0.3, 0.4) is 0 Å². The molecule has 170 valence electrons. The molecule has 0 radical (unpaired) electrons. The Labute approximate surface area is 179 Å². The number of nitrogens with zero attached hydrogens (tertiary/aromatic N) is 2. The molecule has 2 unspecified atom stereocenters. The highest BCUT2D eigenvalue weighted by molar-refractivity contribution is 5.90. The van der Waals surface area contributed by atoms with E-state index >= 15 is 0 Å². The van der Waals surface area contributed by atoms with E-state index in [2.05, 4.69) is 4.98 Å². The van der Waals surface area contributed by atoms with Gasteiger partial charge < -0.3 is 14.4 Å². The van der Waals surface area contributed by atoms with Gasteiger partial charge in [-0.05, 0) is 57.1 Å². The molecule has 0 spiro atoms. The van der Waals surface area contributed by atoms with E-state index in [4.69, 9.17) is 9.47 Å². The zero-order chi connectivity index (χ0) is 22.2. The van der Waals surface area contributed by atoms with Gasteiger partial charge in [0.2, 0.25) is 5.91 Å². The SMILES string of the molecule is CCOC(=O)c1ncccc1OCC12CC1CN(C(=O)[C@H]1CC[C@H](C(F)(F)F)CC1)C2. The minimum atomic E-state index is -4.17. The summed E-state index contributed by atoms with van der Waals surface area (Å²) in [7, 11) is 0. The lowest BCUT2D eigenvalue weighted by Gasteiger charge is -2.32. The first-order valence-corrected chi connectivity index (χ1v) is 10.8. The number of likely N-dealkylation sites (tertiary alicyclic amines) is 1. The van der Waals surface area contributed by atoms with Crippen LogP contribution in [0, 0.1) is 23.2 Å². The highest BCUT2D eigenvalue weighted by atomic mass is 19.4. The Balaban J connectivity index is 1.32. The monoisotopic (exact) mass is 440 g/mol. The van der Waals surface area contributed by atoms with E-state index in [1.165, 1.54) is 6.20 Å². The number of amides is 1. The highest BCUT2D eigenvalue weighted by Gasteiger charge is 2.61. The molecule has 0 aromatic carbocycles. The average Bonchev–Trinajstić information content (AvgIpc) is 3.31. The first-order chi connectivity index (χ1) is 14.7. The van der Waals surface area contributed by atoms with Crippen molar-refractivity contribution in [3.63, 3.8) is 0 Å². The van der Waals surface area contributed by atoms with Gasteiger partial charge in [-0.25, -0.2) is 9.78 Å². The van der Waals surface area contributed by atoms with Gasteiger partial charge >= 0.3 is 12.1 Å². The summed E-state index contributed by atoms with van der Waals surface area (Å²) in [5, 5.41) is 0. The van der Waals surface area contributed by atoms with E-state index in [0.29, 0.717) is 44.2 Å². The van der Waals surface area contributed by atoms with Crippen LogP contribution in [0.15, 0.2) is 18.3 Å². The Morgan fingerprint density at radius 2 is 2.00 bits per heavy atom. The summed E-state index contributed by atoms with van der Waals surface area (Å²) in [6.45, 7) is 3.49. The number of fused-ring (bicyclic) bond motifs is 1. The molecule has 1 amide bonds. The van der Waals surface area contributed by atoms with E-state index in [-0.39, 0.29) is 42.4 Å². The molecule has 2 aliphatic carbocycles. The Morgan fingerprint density at radius 3 is 2.68 bits per heavy atom. The third-order valence-corrected chi connectivity index (χ3v) is 6.91. The maximum Gasteiger partial charge on any atom is 0.391 e. The topological polar surface area (TPSA) is 68.7 Å². The number of halogens is 3. The average molecular weight is 440 g/mol. The fraction of sp³-hybridized carbons (Fsp3) is 0.682. The molecule has 9 heteroatoms. The summed E-state index contributed by atoms with van der Waals surface area (Å²) in [5.74, 6) is -1.48. The van der Waals surface area contributed by atoms with Crippen molar-refractivity contribution in [3.8, 4) is 5.75 Å². The molecule has 1 aromatic rings. The number of piperidine rings is 1. The minimum Gasteiger partial charge on any atom is -0.490 e. The molecule has 0 bridgehead atoms. The highest BCUT2D eigenvalue weighted by Crippen LogP contribution is 2.58. The van der Waals surface area contributed by atoms with Crippen molar-refractivity contribution >= 4 is 11.9 Å². The number of ether oxygens (including phenoxy) is 2. The second-order valence-corrected chi connectivity index (χ2v) is 8.93. The van der Waals surface area contributed by atoms with E-state index in [0.717, 1.165) is 6.42 Å². The Bertz CT molecular complexity index is 838. The smallest absolute Gasteiger partial charge is 0.391 e. The summed E-state index contributed by atoms with van der Waals surface area (Å²) in [6.07, 6.45) is -1.07. The minimum absolute atomic E-state index is 0.0270. The first-order valence-electron chi connectivity index (χ1n) is 10.8. The number of aromatic nitrogens is 1. The third-order valence-electron chi connectivity index (χ3n) is 6.91. The first kappa shape index (κ1) is 21.9. The van der Waals surface area contributed by atoms with Crippen LogP contribution in [0.4, 0.5) is 13.2 Å². The molecular weight excluding hydrogens is 413 g/mol. The van der Waals surface area contributed by atoms with E-state index < -0.39 is 18.1 Å². The maximum absolute atomic E-state index is 12.9. The predicted molar refractivity (Wildman–Crippen MR) is 104 cm³/mol. The summed E-state index contributed by atoms with van der Waals surface area (Å²) in [5.41, 5.74) is -0.0223. The number of alkyl halides is 3. The third kappa shape index (κ3) is 4.50. The zero-order valence-corrected chi connectivity index (χ0v) is 17.5. The van der Waals surface area contributed by atoms with Crippen LogP contribution in [0.5, 0.6) is 5.75 Å². The predicted octanol–water partition coefficient (Wildman–Crippen LogP) is 3.85.